The Bertz CT molecular complexity index is 980. The van der Waals surface area contributed by atoms with Gasteiger partial charge in [-0.1, -0.05) is 55.0 Å². The number of fused-ring (bicyclic) bond motifs is 3. The zero-order valence-corrected chi connectivity index (χ0v) is 20.0. The molecule has 7 nitrogen and oxygen atoms in total. The minimum absolute atomic E-state index is 0.0569. The van der Waals surface area contributed by atoms with Gasteiger partial charge in [0.2, 0.25) is 0 Å². The van der Waals surface area contributed by atoms with Gasteiger partial charge in [0, 0.05) is 12.5 Å². The highest BCUT2D eigenvalue weighted by Gasteiger charge is 2.30. The van der Waals surface area contributed by atoms with Gasteiger partial charge in [0.25, 0.3) is 0 Å². The molecule has 1 aliphatic rings. The summed E-state index contributed by atoms with van der Waals surface area (Å²) in [7, 11) is 0. The van der Waals surface area contributed by atoms with Crippen molar-refractivity contribution in [3.63, 3.8) is 0 Å². The van der Waals surface area contributed by atoms with Gasteiger partial charge in [-0.05, 0) is 55.9 Å². The number of ether oxygens (including phenoxy) is 2. The second-order valence-corrected chi connectivity index (χ2v) is 9.57. The average molecular weight is 468 g/mol. The summed E-state index contributed by atoms with van der Waals surface area (Å²) in [5.41, 5.74) is 3.94. The lowest BCUT2D eigenvalue weighted by molar-refractivity contribution is -0.152. The third kappa shape index (κ3) is 6.83. The van der Waals surface area contributed by atoms with Crippen LogP contribution in [0.1, 0.15) is 63.5 Å². The van der Waals surface area contributed by atoms with Crippen molar-refractivity contribution < 1.29 is 29.0 Å². The van der Waals surface area contributed by atoms with E-state index in [9.17, 15) is 19.5 Å². The van der Waals surface area contributed by atoms with Crippen LogP contribution in [0.2, 0.25) is 0 Å². The monoisotopic (exact) mass is 467 g/mol. The summed E-state index contributed by atoms with van der Waals surface area (Å²) in [5, 5.41) is 12.2. The lowest BCUT2D eigenvalue weighted by Gasteiger charge is -2.19. The van der Waals surface area contributed by atoms with Crippen LogP contribution in [-0.4, -0.2) is 41.9 Å². The predicted octanol–water partition coefficient (Wildman–Crippen LogP) is 5.13. The molecule has 2 aromatic rings. The van der Waals surface area contributed by atoms with Crippen molar-refractivity contribution in [3.05, 3.63) is 59.7 Å². The Labute approximate surface area is 200 Å². The molecule has 0 radical (unpaired) electrons. The standard InChI is InChI=1S/C27H33NO6/c1-27(2,3)34-26(32)28-15-9-8-10-18(25(30)31)16-24(29)33-17-23-21-13-6-4-11-19(21)20-12-5-7-14-22(20)23/h4-7,11-14,18,23H,8-10,15-17H2,1-3H3,(H,28,32)(H,30,31). The Morgan fingerprint density at radius 2 is 1.56 bits per heavy atom. The molecule has 0 aromatic heterocycles. The number of esters is 1. The molecule has 0 saturated heterocycles. The molecule has 1 atom stereocenters. The molecule has 0 bridgehead atoms. The van der Waals surface area contributed by atoms with Gasteiger partial charge in [-0.15, -0.1) is 0 Å². The van der Waals surface area contributed by atoms with Gasteiger partial charge in [0.1, 0.15) is 12.2 Å². The summed E-state index contributed by atoms with van der Waals surface area (Å²) < 4.78 is 10.7. The van der Waals surface area contributed by atoms with Gasteiger partial charge >= 0.3 is 18.0 Å². The maximum absolute atomic E-state index is 12.5. The second kappa shape index (κ2) is 11.2. The number of hydrogen-bond donors (Lipinski definition) is 2. The molecule has 3 rings (SSSR count). The summed E-state index contributed by atoms with van der Waals surface area (Å²) >= 11 is 0. The van der Waals surface area contributed by atoms with Crippen LogP contribution in [-0.2, 0) is 19.1 Å². The van der Waals surface area contributed by atoms with E-state index in [2.05, 4.69) is 17.4 Å². The first kappa shape index (κ1) is 25.3. The van der Waals surface area contributed by atoms with E-state index in [1.807, 2.05) is 36.4 Å². The molecule has 0 aliphatic heterocycles. The number of alkyl carbamates (subject to hydrolysis) is 1. The number of amides is 1. The fourth-order valence-electron chi connectivity index (χ4n) is 4.21. The minimum Gasteiger partial charge on any atom is -0.481 e. The second-order valence-electron chi connectivity index (χ2n) is 9.57. The number of benzene rings is 2. The molecule has 182 valence electrons. The van der Waals surface area contributed by atoms with Gasteiger partial charge in [0.15, 0.2) is 0 Å². The fourth-order valence-corrected chi connectivity index (χ4v) is 4.21. The number of aliphatic carboxylic acids is 1. The SMILES string of the molecule is CC(C)(C)OC(=O)NCCCCC(CC(=O)OCC1c2ccccc2-c2ccccc21)C(=O)O. The fraction of sp³-hybridized carbons (Fsp3) is 0.444. The Morgan fingerprint density at radius 3 is 2.12 bits per heavy atom. The first-order valence-electron chi connectivity index (χ1n) is 11.7. The van der Waals surface area contributed by atoms with Crippen LogP contribution in [0.15, 0.2) is 48.5 Å². The summed E-state index contributed by atoms with van der Waals surface area (Å²) in [6.07, 6.45) is 0.804. The average Bonchev–Trinajstić information content (AvgIpc) is 3.09. The minimum atomic E-state index is -1.02. The Kier molecular flexibility index (Phi) is 8.31. The maximum atomic E-state index is 12.5. The molecule has 1 amide bonds. The van der Waals surface area contributed by atoms with Gasteiger partial charge in [-0.3, -0.25) is 9.59 Å². The molecule has 0 saturated carbocycles. The highest BCUT2D eigenvalue weighted by atomic mass is 16.6. The molecule has 0 heterocycles. The first-order chi connectivity index (χ1) is 16.2. The zero-order valence-electron chi connectivity index (χ0n) is 20.0. The van der Waals surface area contributed by atoms with Crippen molar-refractivity contribution in [2.24, 2.45) is 5.92 Å². The third-order valence-corrected chi connectivity index (χ3v) is 5.78. The van der Waals surface area contributed by atoms with Gasteiger partial charge in [0.05, 0.1) is 12.3 Å². The van der Waals surface area contributed by atoms with Crippen LogP contribution in [0, 0.1) is 5.92 Å². The molecular formula is C27H33NO6. The Hall–Kier alpha value is -3.35. The van der Waals surface area contributed by atoms with Crippen molar-refractivity contribution in [1.82, 2.24) is 5.32 Å². The largest absolute Gasteiger partial charge is 0.481 e. The molecule has 0 spiro atoms. The molecule has 34 heavy (non-hydrogen) atoms. The van der Waals surface area contributed by atoms with Crippen LogP contribution in [0.3, 0.4) is 0 Å². The van der Waals surface area contributed by atoms with E-state index in [-0.39, 0.29) is 18.9 Å². The predicted molar refractivity (Wildman–Crippen MR) is 129 cm³/mol. The molecule has 0 fully saturated rings. The first-order valence-corrected chi connectivity index (χ1v) is 11.7. The topological polar surface area (TPSA) is 102 Å². The van der Waals surface area contributed by atoms with E-state index in [1.165, 1.54) is 0 Å². The normalized spacial score (nSPS) is 13.5. The number of carbonyl (C=O) groups is 3. The number of unbranched alkanes of at least 4 members (excludes halogenated alkanes) is 1. The number of rotatable bonds is 10. The lowest BCUT2D eigenvalue weighted by atomic mass is 9.97. The van der Waals surface area contributed by atoms with Gasteiger partial charge in [-0.25, -0.2) is 4.79 Å². The van der Waals surface area contributed by atoms with Crippen molar-refractivity contribution in [3.8, 4) is 11.1 Å². The molecule has 2 N–H and O–H groups in total. The molecule has 7 heteroatoms. The lowest BCUT2D eigenvalue weighted by Crippen LogP contribution is -2.33. The third-order valence-electron chi connectivity index (χ3n) is 5.78. The highest BCUT2D eigenvalue weighted by Crippen LogP contribution is 2.44. The van der Waals surface area contributed by atoms with E-state index in [0.29, 0.717) is 25.8 Å². The van der Waals surface area contributed by atoms with E-state index < -0.39 is 29.6 Å². The molecular weight excluding hydrogens is 434 g/mol. The van der Waals surface area contributed by atoms with Crippen LogP contribution in [0.4, 0.5) is 4.79 Å². The number of hydrogen-bond acceptors (Lipinski definition) is 5. The van der Waals surface area contributed by atoms with Crippen molar-refractivity contribution >= 4 is 18.0 Å². The van der Waals surface area contributed by atoms with Crippen molar-refractivity contribution in [2.45, 2.75) is 58.0 Å². The Morgan fingerprint density at radius 1 is 0.971 bits per heavy atom. The van der Waals surface area contributed by atoms with Crippen LogP contribution >= 0.6 is 0 Å². The summed E-state index contributed by atoms with van der Waals surface area (Å²) in [5.74, 6) is -2.41. The van der Waals surface area contributed by atoms with E-state index in [0.717, 1.165) is 22.3 Å². The van der Waals surface area contributed by atoms with Gasteiger partial charge in [-0.2, -0.15) is 0 Å². The summed E-state index contributed by atoms with van der Waals surface area (Å²) in [6.45, 7) is 5.92. The number of carbonyl (C=O) groups excluding carboxylic acids is 2. The number of carboxylic acid groups (broad SMARTS) is 1. The maximum Gasteiger partial charge on any atom is 0.407 e. The quantitative estimate of drug-likeness (QED) is 0.371. The summed E-state index contributed by atoms with van der Waals surface area (Å²) in [6, 6.07) is 16.1. The molecule has 2 aromatic carbocycles. The Balaban J connectivity index is 1.46. The van der Waals surface area contributed by atoms with Crippen LogP contribution < -0.4 is 5.32 Å². The van der Waals surface area contributed by atoms with Crippen molar-refractivity contribution in [1.29, 1.82) is 0 Å². The van der Waals surface area contributed by atoms with E-state index in [4.69, 9.17) is 9.47 Å². The molecule has 1 aliphatic carbocycles. The van der Waals surface area contributed by atoms with Gasteiger partial charge < -0.3 is 19.9 Å². The summed E-state index contributed by atoms with van der Waals surface area (Å²) in [4.78, 5) is 35.8. The van der Waals surface area contributed by atoms with Crippen molar-refractivity contribution in [2.75, 3.05) is 13.2 Å². The van der Waals surface area contributed by atoms with E-state index in [1.54, 1.807) is 20.8 Å². The molecule has 1 unspecified atom stereocenters. The van der Waals surface area contributed by atoms with Crippen LogP contribution in [0.25, 0.3) is 11.1 Å². The highest BCUT2D eigenvalue weighted by molar-refractivity contribution is 5.80. The number of nitrogens with one attached hydrogen (secondary N) is 1. The van der Waals surface area contributed by atoms with Crippen LogP contribution in [0.5, 0.6) is 0 Å². The van der Waals surface area contributed by atoms with E-state index >= 15 is 0 Å². The zero-order chi connectivity index (χ0) is 24.7. The number of carboxylic acids is 1. The smallest absolute Gasteiger partial charge is 0.407 e.